The van der Waals surface area contributed by atoms with Gasteiger partial charge in [-0.2, -0.15) is 0 Å². The van der Waals surface area contributed by atoms with Gasteiger partial charge in [0.15, 0.2) is 0 Å². The summed E-state index contributed by atoms with van der Waals surface area (Å²) in [5.74, 6) is 1.80. The lowest BCUT2D eigenvalue weighted by molar-refractivity contribution is -0.0449. The summed E-state index contributed by atoms with van der Waals surface area (Å²) in [5, 5.41) is 3.79. The summed E-state index contributed by atoms with van der Waals surface area (Å²) in [6, 6.07) is 9.78. The number of hydrogen-bond donors (Lipinski definition) is 1. The molecular formula is C20H30N2O2. The zero-order valence-electron chi connectivity index (χ0n) is 15.0. The molecule has 0 amide bonds. The quantitative estimate of drug-likeness (QED) is 0.900. The van der Waals surface area contributed by atoms with Gasteiger partial charge in [-0.15, -0.1) is 0 Å². The second kappa shape index (κ2) is 6.66. The van der Waals surface area contributed by atoms with Crippen LogP contribution >= 0.6 is 0 Å². The maximum Gasteiger partial charge on any atom is 0.118 e. The number of piperidine rings is 1. The van der Waals surface area contributed by atoms with Gasteiger partial charge < -0.3 is 14.8 Å². The van der Waals surface area contributed by atoms with Crippen LogP contribution in [0.2, 0.25) is 0 Å². The first-order valence-electron chi connectivity index (χ1n) is 9.41. The van der Waals surface area contributed by atoms with Crippen LogP contribution in [0.3, 0.4) is 0 Å². The highest BCUT2D eigenvalue weighted by molar-refractivity contribution is 5.27. The fourth-order valence-corrected chi connectivity index (χ4v) is 4.26. The van der Waals surface area contributed by atoms with E-state index in [1.54, 1.807) is 7.11 Å². The smallest absolute Gasteiger partial charge is 0.118 e. The zero-order chi connectivity index (χ0) is 16.6. The SMILES string of the molecule is COc1ccc(CN2CCC3(CC2)CC(N[C@@H]2C[C@H]2C)CO3)cc1. The highest BCUT2D eigenvalue weighted by atomic mass is 16.5. The fourth-order valence-electron chi connectivity index (χ4n) is 4.26. The van der Waals surface area contributed by atoms with Crippen LogP contribution in [0.15, 0.2) is 24.3 Å². The molecule has 1 aromatic carbocycles. The highest BCUT2D eigenvalue weighted by Crippen LogP contribution is 2.38. The molecule has 0 bridgehead atoms. The molecule has 0 aromatic heterocycles. The summed E-state index contributed by atoms with van der Waals surface area (Å²) in [6.07, 6.45) is 4.88. The number of nitrogens with zero attached hydrogens (tertiary/aromatic N) is 1. The first-order chi connectivity index (χ1) is 11.7. The van der Waals surface area contributed by atoms with Crippen LogP contribution in [-0.2, 0) is 11.3 Å². The van der Waals surface area contributed by atoms with Crippen molar-refractivity contribution in [3.05, 3.63) is 29.8 Å². The van der Waals surface area contributed by atoms with E-state index in [4.69, 9.17) is 9.47 Å². The van der Waals surface area contributed by atoms with Gasteiger partial charge in [0, 0.05) is 31.7 Å². The molecule has 3 fully saturated rings. The average Bonchev–Trinajstić information content (AvgIpc) is 3.15. The second-order valence-electron chi connectivity index (χ2n) is 8.01. The second-order valence-corrected chi connectivity index (χ2v) is 8.01. The first kappa shape index (κ1) is 16.4. The molecule has 4 nitrogen and oxygen atoms in total. The number of nitrogens with one attached hydrogen (secondary N) is 1. The fraction of sp³-hybridized carbons (Fsp3) is 0.700. The summed E-state index contributed by atoms with van der Waals surface area (Å²) >= 11 is 0. The van der Waals surface area contributed by atoms with Gasteiger partial charge in [-0.25, -0.2) is 0 Å². The van der Waals surface area contributed by atoms with Crippen LogP contribution in [0, 0.1) is 5.92 Å². The Morgan fingerprint density at radius 3 is 2.58 bits per heavy atom. The molecule has 2 saturated heterocycles. The van der Waals surface area contributed by atoms with Crippen LogP contribution in [-0.4, -0.2) is 49.4 Å². The van der Waals surface area contributed by atoms with E-state index in [-0.39, 0.29) is 5.60 Å². The highest BCUT2D eigenvalue weighted by Gasteiger charge is 2.44. The number of likely N-dealkylation sites (tertiary alicyclic amines) is 1. The lowest BCUT2D eigenvalue weighted by Crippen LogP contribution is -2.44. The van der Waals surface area contributed by atoms with E-state index in [1.807, 2.05) is 0 Å². The van der Waals surface area contributed by atoms with E-state index >= 15 is 0 Å². The minimum Gasteiger partial charge on any atom is -0.497 e. The predicted octanol–water partition coefficient (Wildman–Crippen LogP) is 2.82. The van der Waals surface area contributed by atoms with Crippen molar-refractivity contribution in [2.45, 2.75) is 56.8 Å². The standard InChI is InChI=1S/C20H30N2O2/c1-15-11-19(15)21-17-12-20(24-14-17)7-9-22(10-8-20)13-16-3-5-18(23-2)6-4-16/h3-6,15,17,19,21H,7-14H2,1-2H3/t15-,17?,19-/m1/s1. The van der Waals surface area contributed by atoms with E-state index in [1.165, 1.54) is 31.2 Å². The minimum absolute atomic E-state index is 0.145. The van der Waals surface area contributed by atoms with Gasteiger partial charge >= 0.3 is 0 Å². The largest absolute Gasteiger partial charge is 0.497 e. The minimum atomic E-state index is 0.145. The van der Waals surface area contributed by atoms with Crippen molar-refractivity contribution >= 4 is 0 Å². The van der Waals surface area contributed by atoms with Gasteiger partial charge in [0.2, 0.25) is 0 Å². The predicted molar refractivity (Wildman–Crippen MR) is 95.3 cm³/mol. The topological polar surface area (TPSA) is 33.7 Å². The molecule has 1 spiro atoms. The molecule has 2 aliphatic heterocycles. The van der Waals surface area contributed by atoms with Crippen LogP contribution in [0.5, 0.6) is 5.75 Å². The van der Waals surface area contributed by atoms with Crippen LogP contribution in [0.1, 0.15) is 38.2 Å². The van der Waals surface area contributed by atoms with Gasteiger partial charge in [-0.3, -0.25) is 4.90 Å². The van der Waals surface area contributed by atoms with E-state index in [9.17, 15) is 0 Å². The van der Waals surface area contributed by atoms with Gasteiger partial charge in [-0.05, 0) is 49.3 Å². The number of benzene rings is 1. The molecule has 0 radical (unpaired) electrons. The zero-order valence-corrected chi connectivity index (χ0v) is 15.0. The van der Waals surface area contributed by atoms with Gasteiger partial charge in [-0.1, -0.05) is 19.1 Å². The van der Waals surface area contributed by atoms with Crippen molar-refractivity contribution in [2.75, 3.05) is 26.8 Å². The molecule has 2 heterocycles. The summed E-state index contributed by atoms with van der Waals surface area (Å²) in [6.45, 7) is 6.54. The summed E-state index contributed by atoms with van der Waals surface area (Å²) < 4.78 is 11.5. The molecule has 1 aromatic rings. The molecule has 4 heteroatoms. The molecule has 3 aliphatic rings. The monoisotopic (exact) mass is 330 g/mol. The molecule has 1 saturated carbocycles. The Kier molecular flexibility index (Phi) is 4.54. The lowest BCUT2D eigenvalue weighted by atomic mass is 9.87. The number of rotatable bonds is 5. The molecule has 1 unspecified atom stereocenters. The van der Waals surface area contributed by atoms with Crippen molar-refractivity contribution in [3.63, 3.8) is 0 Å². The Morgan fingerprint density at radius 1 is 1.25 bits per heavy atom. The van der Waals surface area contributed by atoms with E-state index in [2.05, 4.69) is 41.4 Å². The molecule has 3 atom stereocenters. The van der Waals surface area contributed by atoms with Crippen molar-refractivity contribution in [1.29, 1.82) is 0 Å². The third kappa shape index (κ3) is 3.61. The van der Waals surface area contributed by atoms with Gasteiger partial charge in [0.05, 0.1) is 19.3 Å². The van der Waals surface area contributed by atoms with E-state index in [0.29, 0.717) is 6.04 Å². The Balaban J connectivity index is 1.25. The van der Waals surface area contributed by atoms with E-state index < -0.39 is 0 Å². The molecule has 1 aliphatic carbocycles. The summed E-state index contributed by atoms with van der Waals surface area (Å²) in [7, 11) is 1.71. The third-order valence-corrected chi connectivity index (χ3v) is 6.10. The third-order valence-electron chi connectivity index (χ3n) is 6.10. The first-order valence-corrected chi connectivity index (χ1v) is 9.41. The van der Waals surface area contributed by atoms with Crippen LogP contribution in [0.4, 0.5) is 0 Å². The van der Waals surface area contributed by atoms with E-state index in [0.717, 1.165) is 44.0 Å². The van der Waals surface area contributed by atoms with Gasteiger partial charge in [0.25, 0.3) is 0 Å². The Bertz CT molecular complexity index is 551. The lowest BCUT2D eigenvalue weighted by Gasteiger charge is -2.38. The van der Waals surface area contributed by atoms with Crippen molar-refractivity contribution in [1.82, 2.24) is 10.2 Å². The van der Waals surface area contributed by atoms with Crippen molar-refractivity contribution in [3.8, 4) is 5.75 Å². The average molecular weight is 330 g/mol. The van der Waals surface area contributed by atoms with Crippen LogP contribution in [0.25, 0.3) is 0 Å². The molecule has 1 N–H and O–H groups in total. The molecule has 24 heavy (non-hydrogen) atoms. The Labute approximate surface area is 145 Å². The molecule has 4 rings (SSSR count). The van der Waals surface area contributed by atoms with Crippen molar-refractivity contribution in [2.24, 2.45) is 5.92 Å². The Morgan fingerprint density at radius 2 is 1.96 bits per heavy atom. The number of ether oxygens (including phenoxy) is 2. The molecular weight excluding hydrogens is 300 g/mol. The van der Waals surface area contributed by atoms with Crippen LogP contribution < -0.4 is 10.1 Å². The normalized spacial score (nSPS) is 32.2. The number of methoxy groups -OCH3 is 1. The summed E-state index contributed by atoms with van der Waals surface area (Å²) in [4.78, 5) is 2.56. The summed E-state index contributed by atoms with van der Waals surface area (Å²) in [5.41, 5.74) is 1.51. The number of hydrogen-bond acceptors (Lipinski definition) is 4. The van der Waals surface area contributed by atoms with Gasteiger partial charge in [0.1, 0.15) is 5.75 Å². The molecule has 132 valence electrons. The maximum atomic E-state index is 6.28. The Hall–Kier alpha value is -1.10. The maximum absolute atomic E-state index is 6.28. The van der Waals surface area contributed by atoms with Crippen molar-refractivity contribution < 1.29 is 9.47 Å².